The number of carbonyl (C=O) groups is 2. The molecule has 30 heavy (non-hydrogen) atoms. The Hall–Kier alpha value is -3.60. The monoisotopic (exact) mass is 403 g/mol. The van der Waals surface area contributed by atoms with Crippen LogP contribution in [0.25, 0.3) is 0 Å². The Morgan fingerprint density at radius 2 is 1.53 bits per heavy atom. The largest absolute Gasteiger partial charge is 0.484 e. The second-order valence-corrected chi connectivity index (χ2v) is 7.42. The lowest BCUT2D eigenvalue weighted by atomic mass is 9.78. The molecule has 0 saturated carbocycles. The van der Waals surface area contributed by atoms with Gasteiger partial charge < -0.3 is 14.8 Å². The van der Waals surface area contributed by atoms with Gasteiger partial charge in [-0.25, -0.2) is 4.79 Å². The van der Waals surface area contributed by atoms with Gasteiger partial charge in [0.1, 0.15) is 5.75 Å². The van der Waals surface area contributed by atoms with Gasteiger partial charge in [-0.3, -0.25) is 4.79 Å². The fraction of sp³-hybridized carbons (Fsp3) is 0.200. The molecular weight excluding hydrogens is 378 g/mol. The van der Waals surface area contributed by atoms with E-state index in [1.807, 2.05) is 42.5 Å². The van der Waals surface area contributed by atoms with Crippen LogP contribution in [0.4, 0.5) is 5.69 Å². The van der Waals surface area contributed by atoms with Gasteiger partial charge in [0.25, 0.3) is 5.91 Å². The molecule has 5 heteroatoms. The van der Waals surface area contributed by atoms with Crippen LogP contribution in [-0.4, -0.2) is 25.6 Å². The van der Waals surface area contributed by atoms with Gasteiger partial charge in [-0.2, -0.15) is 0 Å². The fourth-order valence-electron chi connectivity index (χ4n) is 3.18. The van der Waals surface area contributed by atoms with Crippen LogP contribution in [0.3, 0.4) is 0 Å². The van der Waals surface area contributed by atoms with Crippen molar-refractivity contribution in [3.8, 4) is 5.75 Å². The van der Waals surface area contributed by atoms with Gasteiger partial charge in [-0.15, -0.1) is 0 Å². The van der Waals surface area contributed by atoms with Gasteiger partial charge in [-0.1, -0.05) is 62.4 Å². The average molecular weight is 403 g/mol. The number of methoxy groups -OCH3 is 1. The van der Waals surface area contributed by atoms with Crippen LogP contribution in [0.2, 0.25) is 0 Å². The zero-order chi connectivity index (χ0) is 21.6. The molecule has 0 aliphatic rings. The molecule has 0 aliphatic carbocycles. The van der Waals surface area contributed by atoms with Gasteiger partial charge in [0.2, 0.25) is 0 Å². The molecule has 0 bridgehead atoms. The van der Waals surface area contributed by atoms with Crippen molar-refractivity contribution in [3.05, 3.63) is 95.6 Å². The Morgan fingerprint density at radius 3 is 2.20 bits per heavy atom. The zero-order valence-electron chi connectivity index (χ0n) is 17.3. The van der Waals surface area contributed by atoms with E-state index in [1.54, 1.807) is 24.3 Å². The third-order valence-corrected chi connectivity index (χ3v) is 5.01. The number of hydrogen-bond donors (Lipinski definition) is 1. The molecule has 0 unspecified atom stereocenters. The molecule has 0 radical (unpaired) electrons. The summed E-state index contributed by atoms with van der Waals surface area (Å²) in [6.07, 6.45) is 0. The molecule has 0 atom stereocenters. The van der Waals surface area contributed by atoms with Crippen molar-refractivity contribution in [1.29, 1.82) is 0 Å². The van der Waals surface area contributed by atoms with Crippen LogP contribution in [-0.2, 0) is 14.9 Å². The molecule has 5 nitrogen and oxygen atoms in total. The molecule has 0 heterocycles. The average Bonchev–Trinajstić information content (AvgIpc) is 2.78. The topological polar surface area (TPSA) is 64.6 Å². The number of hydrogen-bond acceptors (Lipinski definition) is 4. The molecule has 0 aromatic heterocycles. The third kappa shape index (κ3) is 5.06. The smallest absolute Gasteiger partial charge is 0.337 e. The first-order valence-corrected chi connectivity index (χ1v) is 9.67. The van der Waals surface area contributed by atoms with Crippen LogP contribution in [0.1, 0.15) is 35.3 Å². The van der Waals surface area contributed by atoms with Crippen molar-refractivity contribution in [1.82, 2.24) is 0 Å². The molecule has 1 N–H and O–H groups in total. The number of nitrogens with one attached hydrogen (secondary N) is 1. The predicted molar refractivity (Wildman–Crippen MR) is 117 cm³/mol. The number of anilines is 1. The van der Waals surface area contributed by atoms with E-state index in [0.29, 0.717) is 17.0 Å². The molecule has 0 spiro atoms. The molecule has 3 aromatic rings. The number of rotatable bonds is 7. The molecule has 3 aromatic carbocycles. The first kappa shape index (κ1) is 21.1. The van der Waals surface area contributed by atoms with E-state index < -0.39 is 5.97 Å². The van der Waals surface area contributed by atoms with Crippen molar-refractivity contribution < 1.29 is 19.1 Å². The van der Waals surface area contributed by atoms with E-state index in [4.69, 9.17) is 4.74 Å². The number of carbonyl (C=O) groups excluding carboxylic acids is 2. The Kier molecular flexibility index (Phi) is 6.52. The molecule has 3 rings (SSSR count). The van der Waals surface area contributed by atoms with E-state index in [1.165, 1.54) is 12.7 Å². The van der Waals surface area contributed by atoms with Crippen molar-refractivity contribution in [2.24, 2.45) is 0 Å². The summed E-state index contributed by atoms with van der Waals surface area (Å²) in [5, 5.41) is 2.72. The molecule has 0 saturated heterocycles. The molecule has 154 valence electrons. The Labute approximate surface area is 176 Å². The number of amides is 1. The summed E-state index contributed by atoms with van der Waals surface area (Å²) in [4.78, 5) is 23.8. The predicted octanol–water partition coefficient (Wildman–Crippen LogP) is 4.82. The van der Waals surface area contributed by atoms with Crippen molar-refractivity contribution in [2.75, 3.05) is 19.0 Å². The summed E-state index contributed by atoms with van der Waals surface area (Å²) >= 11 is 0. The highest BCUT2D eigenvalue weighted by molar-refractivity contribution is 5.95. The minimum Gasteiger partial charge on any atom is -0.484 e. The maximum Gasteiger partial charge on any atom is 0.337 e. The number of benzene rings is 3. The van der Waals surface area contributed by atoms with Crippen LogP contribution in [0, 0.1) is 0 Å². The second-order valence-electron chi connectivity index (χ2n) is 7.42. The number of ether oxygens (including phenoxy) is 2. The van der Waals surface area contributed by atoms with Crippen LogP contribution >= 0.6 is 0 Å². The molecular formula is C25H25NO4. The lowest BCUT2D eigenvalue weighted by Gasteiger charge is -2.26. The lowest BCUT2D eigenvalue weighted by Crippen LogP contribution is -2.21. The first-order valence-electron chi connectivity index (χ1n) is 9.67. The summed E-state index contributed by atoms with van der Waals surface area (Å²) in [5.74, 6) is -0.160. The van der Waals surface area contributed by atoms with Gasteiger partial charge in [-0.05, 0) is 41.5 Å². The molecule has 0 fully saturated rings. The normalized spacial score (nSPS) is 10.9. The minimum atomic E-state index is -0.458. The van der Waals surface area contributed by atoms with Crippen molar-refractivity contribution in [2.45, 2.75) is 19.3 Å². The van der Waals surface area contributed by atoms with E-state index in [9.17, 15) is 9.59 Å². The third-order valence-electron chi connectivity index (χ3n) is 5.01. The highest BCUT2D eigenvalue weighted by Crippen LogP contribution is 2.32. The minimum absolute atomic E-state index is 0.135. The number of esters is 1. The van der Waals surface area contributed by atoms with E-state index in [0.717, 1.165) is 5.56 Å². The van der Waals surface area contributed by atoms with Gasteiger partial charge >= 0.3 is 5.97 Å². The zero-order valence-corrected chi connectivity index (χ0v) is 17.3. The van der Waals surface area contributed by atoms with Crippen LogP contribution in [0.15, 0.2) is 78.9 Å². The van der Waals surface area contributed by atoms with Gasteiger partial charge in [0.05, 0.1) is 12.7 Å². The Bertz CT molecular complexity index is 1010. The van der Waals surface area contributed by atoms with Gasteiger partial charge in [0.15, 0.2) is 6.61 Å². The molecule has 1 amide bonds. The standard InChI is InChI=1S/C25H25NO4/c1-25(2,19-9-5-4-6-10-19)20-12-14-22(15-13-20)30-17-23(27)26-21-11-7-8-18(16-21)24(28)29-3/h4-16H,17H2,1-3H3,(H,26,27). The maximum absolute atomic E-state index is 12.2. The van der Waals surface area contributed by atoms with E-state index >= 15 is 0 Å². The highest BCUT2D eigenvalue weighted by Gasteiger charge is 2.22. The second kappa shape index (κ2) is 9.27. The summed E-state index contributed by atoms with van der Waals surface area (Å²) in [6.45, 7) is 4.21. The summed E-state index contributed by atoms with van der Waals surface area (Å²) < 4.78 is 10.3. The highest BCUT2D eigenvalue weighted by atomic mass is 16.5. The summed E-state index contributed by atoms with van der Waals surface area (Å²) in [6, 6.07) is 24.6. The van der Waals surface area contributed by atoms with Gasteiger partial charge in [0, 0.05) is 11.1 Å². The van der Waals surface area contributed by atoms with Crippen LogP contribution < -0.4 is 10.1 Å². The maximum atomic E-state index is 12.2. The quantitative estimate of drug-likeness (QED) is 0.575. The molecule has 0 aliphatic heterocycles. The summed E-state index contributed by atoms with van der Waals surface area (Å²) in [5.41, 5.74) is 3.12. The van der Waals surface area contributed by atoms with E-state index in [-0.39, 0.29) is 17.9 Å². The van der Waals surface area contributed by atoms with Crippen LogP contribution in [0.5, 0.6) is 5.75 Å². The fourth-order valence-corrected chi connectivity index (χ4v) is 3.18. The Balaban J connectivity index is 1.59. The summed E-state index contributed by atoms with van der Waals surface area (Å²) in [7, 11) is 1.31. The van der Waals surface area contributed by atoms with Crippen molar-refractivity contribution in [3.63, 3.8) is 0 Å². The Morgan fingerprint density at radius 1 is 0.867 bits per heavy atom. The van der Waals surface area contributed by atoms with Crippen molar-refractivity contribution >= 4 is 17.6 Å². The first-order chi connectivity index (χ1) is 14.4. The SMILES string of the molecule is COC(=O)c1cccc(NC(=O)COc2ccc(C(C)(C)c3ccccc3)cc2)c1. The van der Waals surface area contributed by atoms with E-state index in [2.05, 4.69) is 36.0 Å². The lowest BCUT2D eigenvalue weighted by molar-refractivity contribution is -0.118.